The van der Waals surface area contributed by atoms with Crippen LogP contribution >= 0.6 is 22.6 Å². The van der Waals surface area contributed by atoms with Crippen molar-refractivity contribution >= 4 is 50.2 Å². The minimum Gasteiger partial charge on any atom is -0.421 e. The van der Waals surface area contributed by atoms with E-state index >= 15 is 0 Å². The van der Waals surface area contributed by atoms with Crippen molar-refractivity contribution in [3.8, 4) is 23.0 Å². The molecule has 0 saturated carbocycles. The Hall–Kier alpha value is -3.28. The third-order valence-electron chi connectivity index (χ3n) is 4.51. The van der Waals surface area contributed by atoms with Gasteiger partial charge in [0.2, 0.25) is 0 Å². The van der Waals surface area contributed by atoms with Crippen molar-refractivity contribution in [2.45, 2.75) is 6.92 Å². The van der Waals surface area contributed by atoms with Crippen LogP contribution in [0.2, 0.25) is 0 Å². The van der Waals surface area contributed by atoms with Gasteiger partial charge in [0.1, 0.15) is 11.5 Å². The minimum atomic E-state index is 0.202. The lowest BCUT2D eigenvalue weighted by molar-refractivity contribution is 0.440. The van der Waals surface area contributed by atoms with E-state index in [4.69, 9.17) is 4.74 Å². The van der Waals surface area contributed by atoms with Gasteiger partial charge >= 0.3 is 6.01 Å². The predicted molar refractivity (Wildman–Crippen MR) is 118 cm³/mol. The maximum Gasteiger partial charge on any atom is 0.324 e. The third kappa shape index (κ3) is 3.14. The quantitative estimate of drug-likeness (QED) is 0.320. The topological polar surface area (TPSA) is 117 Å². The third-order valence-corrected chi connectivity index (χ3v) is 5.13. The number of benzene rings is 1. The molecule has 3 N–H and O–H groups in total. The summed E-state index contributed by atoms with van der Waals surface area (Å²) in [7, 11) is 1.89. The van der Waals surface area contributed by atoms with Crippen molar-refractivity contribution in [1.29, 1.82) is 0 Å². The highest BCUT2D eigenvalue weighted by Gasteiger charge is 2.19. The van der Waals surface area contributed by atoms with Gasteiger partial charge in [0.25, 0.3) is 0 Å². The van der Waals surface area contributed by atoms with E-state index < -0.39 is 0 Å². The first-order valence-electron chi connectivity index (χ1n) is 8.79. The zero-order valence-electron chi connectivity index (χ0n) is 15.5. The van der Waals surface area contributed by atoms with Gasteiger partial charge in [-0.3, -0.25) is 5.10 Å². The van der Waals surface area contributed by atoms with E-state index in [1.807, 2.05) is 14.0 Å². The van der Waals surface area contributed by atoms with Gasteiger partial charge < -0.3 is 15.0 Å². The Kier molecular flexibility index (Phi) is 4.27. The number of anilines is 1. The van der Waals surface area contributed by atoms with Crippen molar-refractivity contribution in [3.05, 3.63) is 46.3 Å². The molecule has 0 saturated heterocycles. The van der Waals surface area contributed by atoms with Crippen LogP contribution < -0.4 is 10.1 Å². The van der Waals surface area contributed by atoms with Crippen molar-refractivity contribution < 1.29 is 4.74 Å². The molecule has 0 spiro atoms. The molecule has 1 aromatic carbocycles. The maximum absolute atomic E-state index is 5.84. The summed E-state index contributed by atoms with van der Waals surface area (Å²) in [5.74, 6) is 1.13. The molecule has 144 valence electrons. The zero-order chi connectivity index (χ0) is 20.0. The lowest BCUT2D eigenvalue weighted by atomic mass is 10.1. The molecule has 0 bridgehead atoms. The largest absolute Gasteiger partial charge is 0.421 e. The average Bonchev–Trinajstić information content (AvgIpc) is 3.36. The summed E-state index contributed by atoms with van der Waals surface area (Å²) in [6, 6.07) is 4.38. The molecule has 10 heteroatoms. The van der Waals surface area contributed by atoms with Crippen molar-refractivity contribution in [3.63, 3.8) is 0 Å². The number of aromatic nitrogens is 7. The Morgan fingerprint density at radius 3 is 2.66 bits per heavy atom. The molecule has 0 amide bonds. The number of ether oxygens (including phenoxy) is 1. The molecule has 9 nitrogen and oxygen atoms in total. The Morgan fingerprint density at radius 1 is 1.10 bits per heavy atom. The lowest BCUT2D eigenvalue weighted by Crippen LogP contribution is -1.96. The normalized spacial score (nSPS) is 11.3. The van der Waals surface area contributed by atoms with Crippen LogP contribution in [0.4, 0.5) is 5.69 Å². The van der Waals surface area contributed by atoms with Crippen LogP contribution in [-0.2, 0) is 0 Å². The van der Waals surface area contributed by atoms with Crippen molar-refractivity contribution in [2.24, 2.45) is 0 Å². The Morgan fingerprint density at radius 2 is 1.93 bits per heavy atom. The van der Waals surface area contributed by atoms with Gasteiger partial charge in [-0.15, -0.1) is 0 Å². The van der Waals surface area contributed by atoms with E-state index in [0.717, 1.165) is 36.8 Å². The molecule has 0 radical (unpaired) electrons. The van der Waals surface area contributed by atoms with E-state index in [0.29, 0.717) is 17.2 Å². The van der Waals surface area contributed by atoms with Crippen LogP contribution in [-0.4, -0.2) is 42.2 Å². The summed E-state index contributed by atoms with van der Waals surface area (Å²) in [4.78, 5) is 21.0. The number of aromatic amines is 2. The highest BCUT2D eigenvalue weighted by Crippen LogP contribution is 2.37. The summed E-state index contributed by atoms with van der Waals surface area (Å²) in [6.45, 7) is 1.81. The minimum absolute atomic E-state index is 0.202. The Balaban J connectivity index is 1.77. The molecular weight excluding hydrogens is 483 g/mol. The second-order valence-electron chi connectivity index (χ2n) is 6.38. The van der Waals surface area contributed by atoms with Crippen LogP contribution in [0.25, 0.3) is 33.2 Å². The molecule has 0 aliphatic carbocycles. The maximum atomic E-state index is 5.84. The van der Waals surface area contributed by atoms with Crippen LogP contribution in [0.3, 0.4) is 0 Å². The summed E-state index contributed by atoms with van der Waals surface area (Å²) in [6.07, 6.45) is 6.72. The summed E-state index contributed by atoms with van der Waals surface area (Å²) < 4.78 is 6.95. The molecule has 0 aliphatic heterocycles. The molecule has 5 rings (SSSR count). The van der Waals surface area contributed by atoms with E-state index in [9.17, 15) is 0 Å². The first kappa shape index (κ1) is 17.8. The predicted octanol–water partition coefficient (Wildman–Crippen LogP) is 4.04. The number of hydrogen-bond acceptors (Lipinski definition) is 7. The smallest absolute Gasteiger partial charge is 0.324 e. The standard InChI is InChI=1S/C19H15IN8O/c1-9-22-7-12(8-23-9)29-19-27-16(10-5-24-25-6-10)15-13-3-11(20)4-14(21-2)17(13)26-18(15)28-19/h3-8,21H,1-2H3,(H,24,25)(H,26,27,28). The monoisotopic (exact) mass is 498 g/mol. The number of nitrogens with one attached hydrogen (secondary N) is 3. The fourth-order valence-corrected chi connectivity index (χ4v) is 3.84. The molecule has 4 heterocycles. The molecule has 0 fully saturated rings. The number of halogens is 1. The Labute approximate surface area is 178 Å². The Bertz CT molecular complexity index is 1330. The first-order chi connectivity index (χ1) is 14.1. The van der Waals surface area contributed by atoms with E-state index in [1.54, 1.807) is 24.8 Å². The fraction of sp³-hybridized carbons (Fsp3) is 0.105. The van der Waals surface area contributed by atoms with Gasteiger partial charge in [-0.1, -0.05) is 0 Å². The zero-order valence-corrected chi connectivity index (χ0v) is 17.6. The van der Waals surface area contributed by atoms with Gasteiger partial charge in [0, 0.05) is 27.8 Å². The van der Waals surface area contributed by atoms with Gasteiger partial charge in [0.15, 0.2) is 5.75 Å². The molecular formula is C19H15IN8O. The highest BCUT2D eigenvalue weighted by molar-refractivity contribution is 14.1. The van der Waals surface area contributed by atoms with Crippen molar-refractivity contribution in [1.82, 2.24) is 35.1 Å². The van der Waals surface area contributed by atoms with Gasteiger partial charge in [0.05, 0.1) is 40.9 Å². The van der Waals surface area contributed by atoms with E-state index in [2.05, 4.69) is 75.2 Å². The van der Waals surface area contributed by atoms with Crippen LogP contribution in [0.15, 0.2) is 36.9 Å². The van der Waals surface area contributed by atoms with Crippen LogP contribution in [0.1, 0.15) is 5.82 Å². The number of aryl methyl sites for hydroxylation is 1. The summed E-state index contributed by atoms with van der Waals surface area (Å²) in [5, 5.41) is 12.1. The highest BCUT2D eigenvalue weighted by atomic mass is 127. The fourth-order valence-electron chi connectivity index (χ4n) is 3.21. The molecule has 29 heavy (non-hydrogen) atoms. The molecule has 5 aromatic rings. The second-order valence-corrected chi connectivity index (χ2v) is 7.63. The number of H-pyrrole nitrogens is 2. The molecule has 4 aromatic heterocycles. The molecule has 0 unspecified atom stereocenters. The first-order valence-corrected chi connectivity index (χ1v) is 9.86. The molecule has 0 atom stereocenters. The SMILES string of the molecule is CNc1cc(I)cc2c1[nH]c1nc(Oc3cnc(C)nc3)nc(-c3cn[nH]c3)c12. The van der Waals surface area contributed by atoms with Crippen molar-refractivity contribution in [2.75, 3.05) is 12.4 Å². The van der Waals surface area contributed by atoms with Gasteiger partial charge in [-0.2, -0.15) is 15.1 Å². The van der Waals surface area contributed by atoms with Gasteiger partial charge in [-0.25, -0.2) is 9.97 Å². The lowest BCUT2D eigenvalue weighted by Gasteiger charge is -2.07. The second kappa shape index (κ2) is 6.95. The number of nitrogens with zero attached hydrogens (tertiary/aromatic N) is 5. The number of hydrogen-bond donors (Lipinski definition) is 3. The average molecular weight is 498 g/mol. The number of fused-ring (bicyclic) bond motifs is 3. The van der Waals surface area contributed by atoms with Crippen LogP contribution in [0.5, 0.6) is 11.8 Å². The summed E-state index contributed by atoms with van der Waals surface area (Å²) >= 11 is 2.30. The van der Waals surface area contributed by atoms with Crippen LogP contribution in [0, 0.1) is 10.5 Å². The van der Waals surface area contributed by atoms with E-state index in [1.165, 1.54) is 0 Å². The molecule has 0 aliphatic rings. The number of rotatable bonds is 4. The van der Waals surface area contributed by atoms with E-state index in [-0.39, 0.29) is 6.01 Å². The summed E-state index contributed by atoms with van der Waals surface area (Å²) in [5.41, 5.74) is 4.18. The van der Waals surface area contributed by atoms with Gasteiger partial charge in [-0.05, 0) is 41.6 Å².